The van der Waals surface area contributed by atoms with Gasteiger partial charge in [0.2, 0.25) is 5.91 Å². The number of nitrogens with one attached hydrogen (secondary N) is 1. The molecule has 0 aromatic heterocycles. The molecule has 1 aliphatic heterocycles. The number of likely N-dealkylation sites (N-methyl/N-ethyl adjacent to an activating group) is 1. The van der Waals surface area contributed by atoms with Crippen molar-refractivity contribution in [1.82, 2.24) is 4.90 Å². The lowest BCUT2D eigenvalue weighted by Crippen LogP contribution is -2.46. The van der Waals surface area contributed by atoms with Crippen molar-refractivity contribution in [2.75, 3.05) is 43.4 Å². The van der Waals surface area contributed by atoms with Crippen LogP contribution in [0, 0.1) is 0 Å². The molecular formula is C22H26ClN3O. The van der Waals surface area contributed by atoms with Gasteiger partial charge in [-0.25, -0.2) is 0 Å². The Morgan fingerprint density at radius 3 is 2.15 bits per heavy atom. The molecule has 1 amide bonds. The first-order chi connectivity index (χ1) is 13.1. The number of amides is 1. The highest BCUT2D eigenvalue weighted by Crippen LogP contribution is 2.44. The fraction of sp³-hybridized carbons (Fsp3) is 0.409. The first-order valence-corrected chi connectivity index (χ1v) is 10.1. The molecule has 1 saturated heterocycles. The summed E-state index contributed by atoms with van der Waals surface area (Å²) in [6.07, 6.45) is 2.86. The predicted molar refractivity (Wildman–Crippen MR) is 112 cm³/mol. The number of nitrogens with zero attached hydrogens (tertiary/aromatic N) is 2. The zero-order valence-corrected chi connectivity index (χ0v) is 16.5. The van der Waals surface area contributed by atoms with Gasteiger partial charge >= 0.3 is 0 Å². The minimum Gasteiger partial charge on any atom is -0.369 e. The smallest absolute Gasteiger partial charge is 0.235 e. The van der Waals surface area contributed by atoms with Crippen LogP contribution in [0.1, 0.15) is 24.8 Å². The quantitative estimate of drug-likeness (QED) is 0.861. The molecule has 5 heteroatoms. The second kappa shape index (κ2) is 7.53. The average molecular weight is 384 g/mol. The molecule has 0 atom stereocenters. The molecule has 0 bridgehead atoms. The summed E-state index contributed by atoms with van der Waals surface area (Å²) < 4.78 is 0. The highest BCUT2D eigenvalue weighted by atomic mass is 35.5. The van der Waals surface area contributed by atoms with Gasteiger partial charge in [-0.2, -0.15) is 0 Å². The molecule has 2 aromatic rings. The highest BCUT2D eigenvalue weighted by molar-refractivity contribution is 6.30. The molecule has 27 heavy (non-hydrogen) atoms. The van der Waals surface area contributed by atoms with Gasteiger partial charge in [0.25, 0.3) is 0 Å². The SMILES string of the molecule is CN1CCN(c2ccc(NC(=O)C3(c4ccc(Cl)cc4)CCC3)cc2)CC1. The van der Waals surface area contributed by atoms with E-state index in [4.69, 9.17) is 11.6 Å². The van der Waals surface area contributed by atoms with E-state index in [0.717, 1.165) is 56.7 Å². The van der Waals surface area contributed by atoms with Crippen LogP contribution in [-0.4, -0.2) is 44.0 Å². The Morgan fingerprint density at radius 1 is 0.963 bits per heavy atom. The van der Waals surface area contributed by atoms with Crippen LogP contribution in [0.4, 0.5) is 11.4 Å². The van der Waals surface area contributed by atoms with Gasteiger partial charge in [-0.05, 0) is 61.9 Å². The van der Waals surface area contributed by atoms with Gasteiger partial charge in [0.1, 0.15) is 0 Å². The fourth-order valence-electron chi connectivity index (χ4n) is 4.02. The topological polar surface area (TPSA) is 35.6 Å². The minimum absolute atomic E-state index is 0.0865. The number of halogens is 1. The first kappa shape index (κ1) is 18.3. The molecule has 1 heterocycles. The second-order valence-electron chi connectivity index (χ2n) is 7.73. The van der Waals surface area contributed by atoms with Crippen molar-refractivity contribution in [2.45, 2.75) is 24.7 Å². The normalized spacial score (nSPS) is 19.4. The van der Waals surface area contributed by atoms with Crippen LogP contribution in [0.3, 0.4) is 0 Å². The van der Waals surface area contributed by atoms with E-state index in [1.54, 1.807) is 0 Å². The molecular weight excluding hydrogens is 358 g/mol. The largest absolute Gasteiger partial charge is 0.369 e. The van der Waals surface area contributed by atoms with Crippen molar-refractivity contribution in [2.24, 2.45) is 0 Å². The summed E-state index contributed by atoms with van der Waals surface area (Å²) in [5.74, 6) is 0.0865. The van der Waals surface area contributed by atoms with Crippen LogP contribution in [0.2, 0.25) is 5.02 Å². The van der Waals surface area contributed by atoms with Gasteiger partial charge in [0, 0.05) is 42.6 Å². The summed E-state index contributed by atoms with van der Waals surface area (Å²) in [7, 11) is 2.16. The molecule has 2 aromatic carbocycles. The van der Waals surface area contributed by atoms with Gasteiger partial charge < -0.3 is 15.1 Å². The molecule has 4 rings (SSSR count). The summed E-state index contributed by atoms with van der Waals surface area (Å²) in [5.41, 5.74) is 2.72. The van der Waals surface area contributed by atoms with Gasteiger partial charge in [-0.15, -0.1) is 0 Å². The van der Waals surface area contributed by atoms with Crippen molar-refractivity contribution in [3.8, 4) is 0 Å². The molecule has 4 nitrogen and oxygen atoms in total. The van der Waals surface area contributed by atoms with Crippen molar-refractivity contribution in [3.05, 3.63) is 59.1 Å². The lowest BCUT2D eigenvalue weighted by Gasteiger charge is -2.40. The second-order valence-corrected chi connectivity index (χ2v) is 8.17. The monoisotopic (exact) mass is 383 g/mol. The van der Waals surface area contributed by atoms with Gasteiger partial charge in [0.15, 0.2) is 0 Å². The lowest BCUT2D eigenvalue weighted by molar-refractivity contribution is -0.124. The van der Waals surface area contributed by atoms with E-state index in [1.165, 1.54) is 5.69 Å². The molecule has 1 aliphatic carbocycles. The maximum absolute atomic E-state index is 13.1. The third-order valence-corrected chi connectivity index (χ3v) is 6.28. The van der Waals surface area contributed by atoms with Crippen LogP contribution >= 0.6 is 11.6 Å². The molecule has 142 valence electrons. The van der Waals surface area contributed by atoms with Crippen LogP contribution in [-0.2, 0) is 10.2 Å². The van der Waals surface area contributed by atoms with E-state index in [2.05, 4.69) is 34.3 Å². The third kappa shape index (κ3) is 3.69. The molecule has 0 unspecified atom stereocenters. The van der Waals surface area contributed by atoms with Crippen molar-refractivity contribution >= 4 is 28.9 Å². The summed E-state index contributed by atoms with van der Waals surface area (Å²) >= 11 is 6.01. The van der Waals surface area contributed by atoms with Crippen molar-refractivity contribution in [1.29, 1.82) is 0 Å². The van der Waals surface area contributed by atoms with Crippen LogP contribution in [0.15, 0.2) is 48.5 Å². The van der Waals surface area contributed by atoms with Crippen molar-refractivity contribution < 1.29 is 4.79 Å². The summed E-state index contributed by atoms with van der Waals surface area (Å²) in [6.45, 7) is 4.26. The third-order valence-electron chi connectivity index (χ3n) is 6.03. The average Bonchev–Trinajstić information content (AvgIpc) is 2.64. The lowest BCUT2D eigenvalue weighted by atomic mass is 9.64. The zero-order valence-electron chi connectivity index (χ0n) is 15.7. The van der Waals surface area contributed by atoms with E-state index in [9.17, 15) is 4.79 Å². The van der Waals surface area contributed by atoms with Crippen LogP contribution in [0.25, 0.3) is 0 Å². The Hall–Kier alpha value is -2.04. The van der Waals surface area contributed by atoms with E-state index < -0.39 is 5.41 Å². The molecule has 1 saturated carbocycles. The van der Waals surface area contributed by atoms with E-state index in [0.29, 0.717) is 5.02 Å². The highest BCUT2D eigenvalue weighted by Gasteiger charge is 2.45. The summed E-state index contributed by atoms with van der Waals surface area (Å²) in [4.78, 5) is 17.8. The molecule has 2 fully saturated rings. The van der Waals surface area contributed by atoms with E-state index >= 15 is 0 Å². The number of hydrogen-bond donors (Lipinski definition) is 1. The Morgan fingerprint density at radius 2 is 1.59 bits per heavy atom. The Kier molecular flexibility index (Phi) is 5.11. The Bertz CT molecular complexity index is 791. The number of carbonyl (C=O) groups excluding carboxylic acids is 1. The fourth-order valence-corrected chi connectivity index (χ4v) is 4.14. The van der Waals surface area contributed by atoms with Crippen LogP contribution in [0.5, 0.6) is 0 Å². The van der Waals surface area contributed by atoms with Gasteiger partial charge in [-0.1, -0.05) is 30.2 Å². The molecule has 2 aliphatic rings. The van der Waals surface area contributed by atoms with Crippen LogP contribution < -0.4 is 10.2 Å². The number of carbonyl (C=O) groups is 1. The van der Waals surface area contributed by atoms with E-state index in [1.807, 2.05) is 36.4 Å². The molecule has 0 radical (unpaired) electrons. The number of piperazine rings is 1. The molecule has 0 spiro atoms. The van der Waals surface area contributed by atoms with Gasteiger partial charge in [-0.3, -0.25) is 4.79 Å². The maximum atomic E-state index is 13.1. The number of benzene rings is 2. The standard InChI is InChI=1S/C22H26ClN3O/c1-25-13-15-26(16-14-25)20-9-7-19(8-10-20)24-21(27)22(11-2-12-22)17-3-5-18(23)6-4-17/h3-10H,2,11-16H2,1H3,(H,24,27). The number of rotatable bonds is 4. The Labute approximate surface area is 166 Å². The number of anilines is 2. The minimum atomic E-state index is -0.416. The maximum Gasteiger partial charge on any atom is 0.235 e. The first-order valence-electron chi connectivity index (χ1n) is 9.68. The zero-order chi connectivity index (χ0) is 18.9. The Balaban J connectivity index is 1.45. The van der Waals surface area contributed by atoms with Gasteiger partial charge in [0.05, 0.1) is 5.41 Å². The summed E-state index contributed by atoms with van der Waals surface area (Å²) in [5, 5.41) is 3.84. The number of hydrogen-bond acceptors (Lipinski definition) is 3. The molecule has 1 N–H and O–H groups in total. The predicted octanol–water partition coefficient (Wildman–Crippen LogP) is 4.15. The summed E-state index contributed by atoms with van der Waals surface area (Å²) in [6, 6.07) is 16.0. The van der Waals surface area contributed by atoms with E-state index in [-0.39, 0.29) is 5.91 Å². The van der Waals surface area contributed by atoms with Crippen molar-refractivity contribution in [3.63, 3.8) is 0 Å².